The van der Waals surface area contributed by atoms with E-state index in [1.54, 1.807) is 0 Å². The normalized spacial score (nSPS) is 17.3. The van der Waals surface area contributed by atoms with Gasteiger partial charge in [-0.2, -0.15) is 0 Å². The quantitative estimate of drug-likeness (QED) is 0.726. The number of aromatic nitrogens is 1. The van der Waals surface area contributed by atoms with Gasteiger partial charge in [-0.3, -0.25) is 14.5 Å². The van der Waals surface area contributed by atoms with E-state index in [0.717, 1.165) is 37.7 Å². The van der Waals surface area contributed by atoms with Crippen molar-refractivity contribution in [2.75, 3.05) is 58.3 Å². The zero-order valence-corrected chi connectivity index (χ0v) is 18.2. The Labute approximate surface area is 181 Å². The number of ketones is 2. The maximum Gasteiger partial charge on any atom is 0.228 e. The Hall–Kier alpha value is -2.55. The van der Waals surface area contributed by atoms with E-state index in [2.05, 4.69) is 44.4 Å². The van der Waals surface area contributed by atoms with Crippen molar-refractivity contribution in [2.24, 2.45) is 0 Å². The number of hydrogen-bond acceptors (Lipinski definition) is 8. The van der Waals surface area contributed by atoms with Gasteiger partial charge in [0.25, 0.3) is 0 Å². The van der Waals surface area contributed by atoms with E-state index in [4.69, 9.17) is 0 Å². The molecule has 7 nitrogen and oxygen atoms in total. The van der Waals surface area contributed by atoms with Crippen LogP contribution in [-0.2, 0) is 6.54 Å². The Kier molecular flexibility index (Phi) is 6.26. The third-order valence-electron chi connectivity index (χ3n) is 5.36. The van der Waals surface area contributed by atoms with E-state index >= 15 is 0 Å². The average Bonchev–Trinajstić information content (AvgIpc) is 3.17. The lowest BCUT2D eigenvalue weighted by molar-refractivity contribution is 0.0977. The van der Waals surface area contributed by atoms with Gasteiger partial charge in [0.05, 0.1) is 12.2 Å². The fourth-order valence-corrected chi connectivity index (χ4v) is 4.70. The predicted octanol–water partition coefficient (Wildman–Crippen LogP) is 1.88. The Morgan fingerprint density at radius 3 is 2.53 bits per heavy atom. The van der Waals surface area contributed by atoms with Gasteiger partial charge >= 0.3 is 0 Å². The first-order chi connectivity index (χ1) is 14.5. The molecule has 0 atom stereocenters. The number of carbonyl (C=O) groups is 2. The summed E-state index contributed by atoms with van der Waals surface area (Å²) in [6.07, 6.45) is 1.42. The van der Waals surface area contributed by atoms with E-state index < -0.39 is 0 Å². The van der Waals surface area contributed by atoms with Crippen LogP contribution in [0.2, 0.25) is 0 Å². The van der Waals surface area contributed by atoms with Crippen molar-refractivity contribution in [3.63, 3.8) is 0 Å². The van der Waals surface area contributed by atoms with Gasteiger partial charge in [-0.05, 0) is 26.2 Å². The summed E-state index contributed by atoms with van der Waals surface area (Å²) in [5, 5.41) is 3.91. The number of likely N-dealkylation sites (N-methyl/N-ethyl adjacent to an activating group) is 1. The van der Waals surface area contributed by atoms with Gasteiger partial charge in [0.1, 0.15) is 15.6 Å². The minimum absolute atomic E-state index is 0.130. The van der Waals surface area contributed by atoms with Gasteiger partial charge in [0.2, 0.25) is 5.78 Å². The molecular weight excluding hydrogens is 398 g/mol. The molecule has 1 aliphatic heterocycles. The van der Waals surface area contributed by atoms with Crippen molar-refractivity contribution < 1.29 is 9.59 Å². The highest BCUT2D eigenvalue weighted by Crippen LogP contribution is 2.27. The third kappa shape index (κ3) is 4.61. The number of fused-ring (bicyclic) bond motifs is 1. The van der Waals surface area contributed by atoms with E-state index in [0.29, 0.717) is 29.4 Å². The van der Waals surface area contributed by atoms with E-state index in [1.807, 2.05) is 25.1 Å². The molecule has 8 heteroatoms. The number of nitrogens with zero attached hydrogens (tertiary/aromatic N) is 4. The van der Waals surface area contributed by atoms with E-state index in [9.17, 15) is 9.59 Å². The first kappa shape index (κ1) is 20.7. The fraction of sp³-hybridized carbons (Fsp3) is 0.409. The van der Waals surface area contributed by atoms with Crippen LogP contribution in [0.25, 0.3) is 0 Å². The molecule has 1 saturated heterocycles. The van der Waals surface area contributed by atoms with Crippen molar-refractivity contribution in [3.05, 3.63) is 57.7 Å². The first-order valence-corrected chi connectivity index (χ1v) is 11.0. The molecule has 0 unspecified atom stereocenters. The number of para-hydroxylation sites is 1. The Bertz CT molecular complexity index is 946. The summed E-state index contributed by atoms with van der Waals surface area (Å²) in [4.78, 5) is 37.0. The molecule has 1 aromatic carbocycles. The molecule has 2 aromatic rings. The molecular formula is C22H27N5O2S. The molecule has 1 fully saturated rings. The topological polar surface area (TPSA) is 68.8 Å². The first-order valence-electron chi connectivity index (χ1n) is 10.2. The number of thiazole rings is 1. The highest BCUT2D eigenvalue weighted by molar-refractivity contribution is 7.14. The van der Waals surface area contributed by atoms with Crippen LogP contribution in [0.3, 0.4) is 0 Å². The van der Waals surface area contributed by atoms with Crippen molar-refractivity contribution in [1.29, 1.82) is 0 Å². The minimum atomic E-state index is -0.181. The van der Waals surface area contributed by atoms with E-state index in [-0.39, 0.29) is 11.6 Å². The number of allylic oxidation sites excluding steroid dienone is 2. The Balaban J connectivity index is 1.36. The zero-order valence-electron chi connectivity index (χ0n) is 17.4. The number of benzene rings is 1. The molecule has 4 rings (SSSR count). The van der Waals surface area contributed by atoms with Crippen molar-refractivity contribution >= 4 is 28.6 Å². The third-order valence-corrected chi connectivity index (χ3v) is 6.41. The number of Topliss-reactive ketones (excluding diaryl/α,β-unsaturated/α-hetero) is 1. The molecule has 0 radical (unpaired) electrons. The van der Waals surface area contributed by atoms with Crippen LogP contribution in [0.15, 0.2) is 42.1 Å². The lowest BCUT2D eigenvalue weighted by Crippen LogP contribution is -2.45. The molecule has 1 aliphatic carbocycles. The van der Waals surface area contributed by atoms with Crippen LogP contribution < -0.4 is 10.2 Å². The number of rotatable bonds is 7. The maximum absolute atomic E-state index is 12.8. The van der Waals surface area contributed by atoms with Crippen LogP contribution in [0.5, 0.6) is 0 Å². The largest absolute Gasteiger partial charge is 0.380 e. The second-order valence-electron chi connectivity index (χ2n) is 7.87. The summed E-state index contributed by atoms with van der Waals surface area (Å²) in [5.41, 5.74) is 1.90. The molecule has 0 saturated carbocycles. The van der Waals surface area contributed by atoms with Gasteiger partial charge in [-0.15, -0.1) is 11.3 Å². The van der Waals surface area contributed by atoms with Crippen LogP contribution in [0.1, 0.15) is 25.2 Å². The molecule has 2 aliphatic rings. The molecule has 30 heavy (non-hydrogen) atoms. The Morgan fingerprint density at radius 2 is 1.83 bits per heavy atom. The second-order valence-corrected chi connectivity index (χ2v) is 8.95. The van der Waals surface area contributed by atoms with Gasteiger partial charge in [-0.25, -0.2) is 4.98 Å². The molecule has 0 amide bonds. The number of hydrogen-bond donors (Lipinski definition) is 1. The lowest BCUT2D eigenvalue weighted by Gasteiger charge is -2.35. The summed E-state index contributed by atoms with van der Waals surface area (Å²) >= 11 is 1.35. The van der Waals surface area contributed by atoms with Gasteiger partial charge in [-0.1, -0.05) is 18.2 Å². The van der Waals surface area contributed by atoms with Crippen molar-refractivity contribution in [1.82, 2.24) is 20.1 Å². The highest BCUT2D eigenvalue weighted by Gasteiger charge is 2.30. The van der Waals surface area contributed by atoms with Gasteiger partial charge in [0.15, 0.2) is 5.78 Å². The summed E-state index contributed by atoms with van der Waals surface area (Å²) < 4.78 is 0. The van der Waals surface area contributed by atoms with Crippen molar-refractivity contribution in [2.45, 2.75) is 6.54 Å². The number of anilines is 1. The minimum Gasteiger partial charge on any atom is -0.380 e. The summed E-state index contributed by atoms with van der Waals surface area (Å²) in [5.74, 6) is -0.311. The summed E-state index contributed by atoms with van der Waals surface area (Å²) in [6, 6.07) is 10.4. The van der Waals surface area contributed by atoms with Crippen LogP contribution >= 0.6 is 11.3 Å². The average molecular weight is 426 g/mol. The standard InChI is InChI=1S/C22H27N5O2S/c1-25(2)9-8-23-17-14-18(28)22-20(21(17)29)24-19(30-22)15-26-10-12-27(13-11-26)16-6-4-3-5-7-16/h3-7,14,23H,8-13,15H2,1-2H3. The lowest BCUT2D eigenvalue weighted by atomic mass is 10.0. The molecule has 2 heterocycles. The molecule has 0 bridgehead atoms. The van der Waals surface area contributed by atoms with Crippen LogP contribution in [-0.4, -0.2) is 79.7 Å². The number of piperazine rings is 1. The molecule has 1 aromatic heterocycles. The van der Waals surface area contributed by atoms with Crippen LogP contribution in [0, 0.1) is 0 Å². The van der Waals surface area contributed by atoms with Crippen LogP contribution in [0.4, 0.5) is 5.69 Å². The SMILES string of the molecule is CN(C)CCNC1=CC(=O)c2sc(CN3CCN(c4ccccc4)CC3)nc2C1=O. The smallest absolute Gasteiger partial charge is 0.228 e. The summed E-state index contributed by atoms with van der Waals surface area (Å²) in [7, 11) is 3.93. The van der Waals surface area contributed by atoms with Gasteiger partial charge < -0.3 is 15.1 Å². The monoisotopic (exact) mass is 425 g/mol. The predicted molar refractivity (Wildman–Crippen MR) is 119 cm³/mol. The molecule has 0 spiro atoms. The Morgan fingerprint density at radius 1 is 1.10 bits per heavy atom. The molecule has 1 N–H and O–H groups in total. The van der Waals surface area contributed by atoms with Crippen molar-refractivity contribution in [3.8, 4) is 0 Å². The molecule has 158 valence electrons. The fourth-order valence-electron chi connectivity index (χ4n) is 3.68. The van der Waals surface area contributed by atoms with Gasteiger partial charge in [0, 0.05) is 51.0 Å². The van der Waals surface area contributed by atoms with E-state index in [1.165, 1.54) is 23.1 Å². The number of nitrogens with one attached hydrogen (secondary N) is 1. The maximum atomic E-state index is 12.8. The zero-order chi connectivity index (χ0) is 21.1. The number of carbonyl (C=O) groups excluding carboxylic acids is 2. The highest BCUT2D eigenvalue weighted by atomic mass is 32.1. The second kappa shape index (κ2) is 9.07. The summed E-state index contributed by atoms with van der Waals surface area (Å²) in [6.45, 7) is 5.82.